The van der Waals surface area contributed by atoms with Crippen LogP contribution in [0, 0.1) is 0 Å². The Kier molecular flexibility index (Phi) is 4.34. The number of aromatic nitrogens is 2. The molecule has 0 radical (unpaired) electrons. The van der Waals surface area contributed by atoms with Crippen LogP contribution in [0.2, 0.25) is 0 Å². The van der Waals surface area contributed by atoms with E-state index in [-0.39, 0.29) is 5.91 Å². The third-order valence-electron chi connectivity index (χ3n) is 3.70. The first-order valence-corrected chi connectivity index (χ1v) is 7.28. The Balaban J connectivity index is 1.64. The molecule has 0 saturated carbocycles. The van der Waals surface area contributed by atoms with Crippen LogP contribution < -0.4 is 5.32 Å². The van der Waals surface area contributed by atoms with Crippen LogP contribution in [-0.2, 0) is 6.54 Å². The normalized spacial score (nSPS) is 15.8. The summed E-state index contributed by atoms with van der Waals surface area (Å²) in [5.41, 5.74) is 0.418. The lowest BCUT2D eigenvalue weighted by atomic mass is 10.2. The molecule has 0 bridgehead atoms. The van der Waals surface area contributed by atoms with Crippen molar-refractivity contribution in [3.05, 3.63) is 42.2 Å². The van der Waals surface area contributed by atoms with E-state index in [2.05, 4.69) is 27.2 Å². The van der Waals surface area contributed by atoms with Crippen LogP contribution >= 0.6 is 0 Å². The Morgan fingerprint density at radius 2 is 2.14 bits per heavy atom. The van der Waals surface area contributed by atoms with Crippen LogP contribution in [0.1, 0.15) is 16.2 Å². The van der Waals surface area contributed by atoms with E-state index in [0.29, 0.717) is 18.1 Å². The molecule has 2 aromatic heterocycles. The highest BCUT2D eigenvalue weighted by molar-refractivity contribution is 5.93. The van der Waals surface area contributed by atoms with Crippen LogP contribution in [0.15, 0.2) is 35.2 Å². The summed E-state index contributed by atoms with van der Waals surface area (Å²) in [6, 6.07) is 5.40. The molecule has 0 unspecified atom stereocenters. The van der Waals surface area contributed by atoms with Crippen LogP contribution in [-0.4, -0.2) is 58.9 Å². The van der Waals surface area contributed by atoms with Crippen molar-refractivity contribution in [2.45, 2.75) is 6.54 Å². The molecule has 0 spiro atoms. The summed E-state index contributed by atoms with van der Waals surface area (Å²) >= 11 is 0. The Morgan fingerprint density at radius 3 is 2.86 bits per heavy atom. The van der Waals surface area contributed by atoms with Crippen molar-refractivity contribution < 1.29 is 9.21 Å². The standard InChI is InChI=1S/C15H19N5O2/c1-19-4-6-20(7-5-19)15(21)13-9-14(18-11-17-13)16-10-12-3-2-8-22-12/h2-3,8-9,11H,4-7,10H2,1H3,(H,16,17,18). The molecule has 3 rings (SSSR count). The summed E-state index contributed by atoms with van der Waals surface area (Å²) in [7, 11) is 2.06. The number of nitrogens with zero attached hydrogens (tertiary/aromatic N) is 4. The van der Waals surface area contributed by atoms with Gasteiger partial charge in [0, 0.05) is 32.2 Å². The zero-order valence-corrected chi connectivity index (χ0v) is 12.5. The van der Waals surface area contributed by atoms with Crippen LogP contribution in [0.4, 0.5) is 5.82 Å². The predicted molar refractivity (Wildman–Crippen MR) is 81.5 cm³/mol. The van der Waals surface area contributed by atoms with Gasteiger partial charge in [-0.2, -0.15) is 0 Å². The van der Waals surface area contributed by atoms with E-state index in [1.807, 2.05) is 17.0 Å². The number of anilines is 1. The van der Waals surface area contributed by atoms with Crippen molar-refractivity contribution in [2.24, 2.45) is 0 Å². The van der Waals surface area contributed by atoms with E-state index in [1.165, 1.54) is 6.33 Å². The molecule has 7 heteroatoms. The van der Waals surface area contributed by atoms with Crippen molar-refractivity contribution in [3.8, 4) is 0 Å². The zero-order valence-electron chi connectivity index (χ0n) is 12.5. The van der Waals surface area contributed by atoms with Gasteiger partial charge in [-0.25, -0.2) is 9.97 Å². The Morgan fingerprint density at radius 1 is 1.32 bits per heavy atom. The first kappa shape index (κ1) is 14.5. The summed E-state index contributed by atoms with van der Waals surface area (Å²) < 4.78 is 5.25. The van der Waals surface area contributed by atoms with Gasteiger partial charge in [0.2, 0.25) is 0 Å². The fraction of sp³-hybridized carbons (Fsp3) is 0.400. The fourth-order valence-corrected chi connectivity index (χ4v) is 2.33. The summed E-state index contributed by atoms with van der Waals surface area (Å²) in [5, 5.41) is 3.13. The average molecular weight is 301 g/mol. The van der Waals surface area contributed by atoms with Crippen LogP contribution in [0.25, 0.3) is 0 Å². The van der Waals surface area contributed by atoms with Crippen LogP contribution in [0.3, 0.4) is 0 Å². The Labute approximate surface area is 129 Å². The molecule has 0 atom stereocenters. The Hall–Kier alpha value is -2.41. The van der Waals surface area contributed by atoms with E-state index in [0.717, 1.165) is 31.9 Å². The smallest absolute Gasteiger partial charge is 0.272 e. The number of piperazine rings is 1. The lowest BCUT2D eigenvalue weighted by Gasteiger charge is -2.32. The molecule has 1 amide bonds. The maximum atomic E-state index is 12.5. The molecule has 2 aromatic rings. The van der Waals surface area contributed by atoms with Crippen molar-refractivity contribution in [3.63, 3.8) is 0 Å². The molecular weight excluding hydrogens is 282 g/mol. The van der Waals surface area contributed by atoms with Gasteiger partial charge in [0.25, 0.3) is 5.91 Å². The molecule has 7 nitrogen and oxygen atoms in total. The number of nitrogens with one attached hydrogen (secondary N) is 1. The van der Waals surface area contributed by atoms with Gasteiger partial charge in [0.15, 0.2) is 0 Å². The summed E-state index contributed by atoms with van der Waals surface area (Å²) in [6.07, 6.45) is 3.03. The first-order valence-electron chi connectivity index (χ1n) is 7.28. The van der Waals surface area contributed by atoms with Gasteiger partial charge in [-0.15, -0.1) is 0 Å². The van der Waals surface area contributed by atoms with E-state index < -0.39 is 0 Å². The van der Waals surface area contributed by atoms with Crippen molar-refractivity contribution in [1.29, 1.82) is 0 Å². The lowest BCUT2D eigenvalue weighted by Crippen LogP contribution is -2.47. The van der Waals surface area contributed by atoms with Crippen LogP contribution in [0.5, 0.6) is 0 Å². The SMILES string of the molecule is CN1CCN(C(=O)c2cc(NCc3ccco3)ncn2)CC1. The van der Waals surface area contributed by atoms with Gasteiger partial charge < -0.3 is 19.5 Å². The molecule has 1 fully saturated rings. The maximum absolute atomic E-state index is 12.5. The predicted octanol–water partition coefficient (Wildman–Crippen LogP) is 1.07. The molecule has 1 aliphatic heterocycles. The molecule has 22 heavy (non-hydrogen) atoms. The molecule has 0 aliphatic carbocycles. The van der Waals surface area contributed by atoms with Crippen molar-refractivity contribution in [1.82, 2.24) is 19.8 Å². The maximum Gasteiger partial charge on any atom is 0.272 e. The second kappa shape index (κ2) is 6.57. The number of rotatable bonds is 4. The van der Waals surface area contributed by atoms with Crippen molar-refractivity contribution >= 4 is 11.7 Å². The lowest BCUT2D eigenvalue weighted by molar-refractivity contribution is 0.0658. The monoisotopic (exact) mass is 301 g/mol. The number of carbonyl (C=O) groups excluding carboxylic acids is 1. The van der Waals surface area contributed by atoms with Gasteiger partial charge in [0.05, 0.1) is 12.8 Å². The van der Waals surface area contributed by atoms with E-state index >= 15 is 0 Å². The molecule has 1 saturated heterocycles. The number of amides is 1. The second-order valence-corrected chi connectivity index (χ2v) is 5.32. The topological polar surface area (TPSA) is 74.5 Å². The highest BCUT2D eigenvalue weighted by Crippen LogP contribution is 2.11. The minimum absolute atomic E-state index is 0.0449. The van der Waals surface area contributed by atoms with Crippen molar-refractivity contribution in [2.75, 3.05) is 38.5 Å². The highest BCUT2D eigenvalue weighted by atomic mass is 16.3. The van der Waals surface area contributed by atoms with Gasteiger partial charge in [-0.1, -0.05) is 0 Å². The van der Waals surface area contributed by atoms with E-state index in [1.54, 1.807) is 12.3 Å². The third kappa shape index (κ3) is 3.43. The van der Waals surface area contributed by atoms with Gasteiger partial charge in [-0.3, -0.25) is 4.79 Å². The molecule has 116 valence electrons. The highest BCUT2D eigenvalue weighted by Gasteiger charge is 2.21. The number of likely N-dealkylation sites (N-methyl/N-ethyl adjacent to an activating group) is 1. The third-order valence-corrected chi connectivity index (χ3v) is 3.70. The molecular formula is C15H19N5O2. The average Bonchev–Trinajstić information content (AvgIpc) is 3.07. The van der Waals surface area contributed by atoms with Gasteiger partial charge in [0.1, 0.15) is 23.6 Å². The second-order valence-electron chi connectivity index (χ2n) is 5.32. The summed E-state index contributed by atoms with van der Waals surface area (Å²) in [4.78, 5) is 24.7. The molecule has 0 aromatic carbocycles. The van der Waals surface area contributed by atoms with E-state index in [4.69, 9.17) is 4.42 Å². The molecule has 3 heterocycles. The number of carbonyl (C=O) groups is 1. The largest absolute Gasteiger partial charge is 0.467 e. The van der Waals surface area contributed by atoms with E-state index in [9.17, 15) is 4.79 Å². The summed E-state index contributed by atoms with van der Waals surface area (Å²) in [6.45, 7) is 3.76. The van der Waals surface area contributed by atoms with Gasteiger partial charge >= 0.3 is 0 Å². The number of furan rings is 1. The Bertz CT molecular complexity index is 621. The minimum atomic E-state index is -0.0449. The quantitative estimate of drug-likeness (QED) is 0.910. The fourth-order valence-electron chi connectivity index (χ4n) is 2.33. The summed E-state index contributed by atoms with van der Waals surface area (Å²) in [5.74, 6) is 1.38. The zero-order chi connectivity index (χ0) is 15.4. The van der Waals surface area contributed by atoms with Gasteiger partial charge in [-0.05, 0) is 19.2 Å². The number of hydrogen-bond donors (Lipinski definition) is 1. The first-order chi connectivity index (χ1) is 10.7. The number of hydrogen-bond acceptors (Lipinski definition) is 6. The minimum Gasteiger partial charge on any atom is -0.467 e. The molecule has 1 aliphatic rings. The molecule has 1 N–H and O–H groups in total.